The molecule has 0 aliphatic rings. The van der Waals surface area contributed by atoms with Crippen LogP contribution in [0.15, 0.2) is 27.1 Å². The van der Waals surface area contributed by atoms with Crippen molar-refractivity contribution in [3.05, 3.63) is 32.7 Å². The molecule has 1 aromatic rings. The molecule has 82 valence electrons. The number of ketones is 1. The molecule has 0 radical (unpaired) electrons. The average Bonchev–Trinajstić information content (AvgIpc) is 2.16. The van der Waals surface area contributed by atoms with Crippen molar-refractivity contribution in [1.82, 2.24) is 0 Å². The Kier molecular flexibility index (Phi) is 5.54. The standard InChI is InChI=1S/C12H14Br2O/c1-2-3-4-5-12(15)9-6-10(13)8-11(14)7-9/h6-8H,2-5H2,1H3. The van der Waals surface area contributed by atoms with Crippen molar-refractivity contribution in [1.29, 1.82) is 0 Å². The lowest BCUT2D eigenvalue weighted by atomic mass is 10.1. The summed E-state index contributed by atoms with van der Waals surface area (Å²) >= 11 is 6.76. The van der Waals surface area contributed by atoms with Crippen LogP contribution >= 0.6 is 31.9 Å². The molecule has 0 fully saturated rings. The molecule has 0 aliphatic heterocycles. The predicted octanol–water partition coefficient (Wildman–Crippen LogP) is 4.97. The molecule has 0 bridgehead atoms. The summed E-state index contributed by atoms with van der Waals surface area (Å²) in [6, 6.07) is 5.68. The van der Waals surface area contributed by atoms with Crippen molar-refractivity contribution < 1.29 is 4.79 Å². The van der Waals surface area contributed by atoms with Crippen molar-refractivity contribution in [3.63, 3.8) is 0 Å². The zero-order chi connectivity index (χ0) is 11.3. The predicted molar refractivity (Wildman–Crippen MR) is 70.3 cm³/mol. The molecule has 3 heteroatoms. The summed E-state index contributed by atoms with van der Waals surface area (Å²) in [5.41, 5.74) is 0.785. The van der Waals surface area contributed by atoms with E-state index in [0.717, 1.165) is 33.8 Å². The minimum Gasteiger partial charge on any atom is -0.294 e. The number of unbranched alkanes of at least 4 members (excludes halogenated alkanes) is 2. The Balaban J connectivity index is 2.65. The summed E-state index contributed by atoms with van der Waals surface area (Å²) in [4.78, 5) is 11.8. The summed E-state index contributed by atoms with van der Waals surface area (Å²) in [5.74, 6) is 0.227. The van der Waals surface area contributed by atoms with Gasteiger partial charge in [0.05, 0.1) is 0 Å². The largest absolute Gasteiger partial charge is 0.294 e. The van der Waals surface area contributed by atoms with Gasteiger partial charge in [0.25, 0.3) is 0 Å². The highest BCUT2D eigenvalue weighted by Crippen LogP contribution is 2.21. The Morgan fingerprint density at radius 2 is 1.73 bits per heavy atom. The van der Waals surface area contributed by atoms with Gasteiger partial charge in [0.15, 0.2) is 5.78 Å². The topological polar surface area (TPSA) is 17.1 Å². The van der Waals surface area contributed by atoms with E-state index >= 15 is 0 Å². The SMILES string of the molecule is CCCCCC(=O)c1cc(Br)cc(Br)c1. The van der Waals surface area contributed by atoms with E-state index in [9.17, 15) is 4.79 Å². The lowest BCUT2D eigenvalue weighted by Crippen LogP contribution is -1.98. The lowest BCUT2D eigenvalue weighted by Gasteiger charge is -2.02. The molecule has 0 atom stereocenters. The van der Waals surface area contributed by atoms with E-state index in [4.69, 9.17) is 0 Å². The summed E-state index contributed by atoms with van der Waals surface area (Å²) in [5, 5.41) is 0. The van der Waals surface area contributed by atoms with E-state index in [0.29, 0.717) is 6.42 Å². The van der Waals surface area contributed by atoms with Gasteiger partial charge >= 0.3 is 0 Å². The Bertz CT molecular complexity index is 327. The maximum Gasteiger partial charge on any atom is 0.162 e. The van der Waals surface area contributed by atoms with Gasteiger partial charge in [-0.25, -0.2) is 0 Å². The van der Waals surface area contributed by atoms with E-state index in [2.05, 4.69) is 38.8 Å². The van der Waals surface area contributed by atoms with Gasteiger partial charge in [0, 0.05) is 20.9 Å². The molecule has 0 aliphatic carbocycles. The fourth-order valence-corrected chi connectivity index (χ4v) is 2.69. The van der Waals surface area contributed by atoms with Crippen LogP contribution < -0.4 is 0 Å². The van der Waals surface area contributed by atoms with Crippen LogP contribution in [0.2, 0.25) is 0 Å². The number of benzene rings is 1. The number of hydrogen-bond donors (Lipinski definition) is 0. The molecule has 0 heterocycles. The third kappa shape index (κ3) is 4.47. The van der Waals surface area contributed by atoms with E-state index in [1.54, 1.807) is 0 Å². The Labute approximate surface area is 108 Å². The second-order valence-corrected chi connectivity index (χ2v) is 5.37. The average molecular weight is 334 g/mol. The minimum absolute atomic E-state index is 0.227. The van der Waals surface area contributed by atoms with Crippen LogP contribution in [0.4, 0.5) is 0 Å². The maximum atomic E-state index is 11.8. The van der Waals surface area contributed by atoms with Gasteiger partial charge < -0.3 is 0 Å². The Morgan fingerprint density at radius 1 is 1.13 bits per heavy atom. The van der Waals surface area contributed by atoms with Crippen molar-refractivity contribution in [2.24, 2.45) is 0 Å². The Hall–Kier alpha value is -0.150. The van der Waals surface area contributed by atoms with Crippen molar-refractivity contribution in [3.8, 4) is 0 Å². The molecular formula is C12H14Br2O. The number of halogens is 2. The summed E-state index contributed by atoms with van der Waals surface area (Å²) in [7, 11) is 0. The van der Waals surface area contributed by atoms with Gasteiger partial charge in [-0.3, -0.25) is 4.79 Å². The molecule has 1 rings (SSSR count). The molecule has 1 aromatic carbocycles. The molecule has 0 unspecified atom stereocenters. The molecule has 0 saturated carbocycles. The quantitative estimate of drug-likeness (QED) is 0.549. The van der Waals surface area contributed by atoms with Gasteiger partial charge in [-0.05, 0) is 24.6 Å². The highest BCUT2D eigenvalue weighted by Gasteiger charge is 2.06. The fraction of sp³-hybridized carbons (Fsp3) is 0.417. The smallest absolute Gasteiger partial charge is 0.162 e. The maximum absolute atomic E-state index is 11.8. The van der Waals surface area contributed by atoms with Crippen LogP contribution in [0.25, 0.3) is 0 Å². The number of rotatable bonds is 5. The highest BCUT2D eigenvalue weighted by atomic mass is 79.9. The van der Waals surface area contributed by atoms with Crippen LogP contribution in [0.5, 0.6) is 0 Å². The van der Waals surface area contributed by atoms with Crippen LogP contribution in [0.3, 0.4) is 0 Å². The second kappa shape index (κ2) is 6.44. The van der Waals surface area contributed by atoms with Gasteiger partial charge in [0.2, 0.25) is 0 Å². The van der Waals surface area contributed by atoms with E-state index in [1.807, 2.05) is 18.2 Å². The molecule has 0 spiro atoms. The van der Waals surface area contributed by atoms with Crippen LogP contribution in [0.1, 0.15) is 43.0 Å². The third-order valence-corrected chi connectivity index (χ3v) is 3.11. The summed E-state index contributed by atoms with van der Waals surface area (Å²) < 4.78 is 1.88. The zero-order valence-electron chi connectivity index (χ0n) is 8.72. The summed E-state index contributed by atoms with van der Waals surface area (Å²) in [6.45, 7) is 2.14. The molecule has 0 aromatic heterocycles. The first kappa shape index (κ1) is 12.9. The number of hydrogen-bond acceptors (Lipinski definition) is 1. The van der Waals surface area contributed by atoms with Crippen molar-refractivity contribution in [2.75, 3.05) is 0 Å². The second-order valence-electron chi connectivity index (χ2n) is 3.54. The first-order valence-electron chi connectivity index (χ1n) is 5.12. The highest BCUT2D eigenvalue weighted by molar-refractivity contribution is 9.11. The molecule has 15 heavy (non-hydrogen) atoms. The first-order chi connectivity index (χ1) is 7.13. The van der Waals surface area contributed by atoms with Crippen LogP contribution in [-0.4, -0.2) is 5.78 Å². The number of carbonyl (C=O) groups excluding carboxylic acids is 1. The number of Topliss-reactive ketones (excluding diaryl/α,β-unsaturated/α-hetero) is 1. The normalized spacial score (nSPS) is 10.3. The molecule has 0 saturated heterocycles. The molecule has 0 amide bonds. The third-order valence-electron chi connectivity index (χ3n) is 2.19. The van der Waals surface area contributed by atoms with Gasteiger partial charge in [-0.15, -0.1) is 0 Å². The summed E-state index contributed by atoms with van der Waals surface area (Å²) in [6.07, 6.45) is 3.91. The van der Waals surface area contributed by atoms with Crippen LogP contribution in [0, 0.1) is 0 Å². The van der Waals surface area contributed by atoms with E-state index < -0.39 is 0 Å². The van der Waals surface area contributed by atoms with E-state index in [-0.39, 0.29) is 5.78 Å². The first-order valence-corrected chi connectivity index (χ1v) is 6.71. The molecular weight excluding hydrogens is 320 g/mol. The van der Waals surface area contributed by atoms with Gasteiger partial charge in [-0.1, -0.05) is 51.6 Å². The van der Waals surface area contributed by atoms with Crippen molar-refractivity contribution >= 4 is 37.6 Å². The zero-order valence-corrected chi connectivity index (χ0v) is 11.9. The number of carbonyl (C=O) groups is 1. The fourth-order valence-electron chi connectivity index (χ4n) is 1.39. The van der Waals surface area contributed by atoms with Crippen molar-refractivity contribution in [2.45, 2.75) is 32.6 Å². The van der Waals surface area contributed by atoms with E-state index in [1.165, 1.54) is 0 Å². The Morgan fingerprint density at radius 3 is 2.27 bits per heavy atom. The monoisotopic (exact) mass is 332 g/mol. The molecule has 1 nitrogen and oxygen atoms in total. The van der Waals surface area contributed by atoms with Crippen LogP contribution in [-0.2, 0) is 0 Å². The van der Waals surface area contributed by atoms with Gasteiger partial charge in [-0.2, -0.15) is 0 Å². The lowest BCUT2D eigenvalue weighted by molar-refractivity contribution is 0.0979. The van der Waals surface area contributed by atoms with Gasteiger partial charge in [0.1, 0.15) is 0 Å². The minimum atomic E-state index is 0.227. The molecule has 0 N–H and O–H groups in total.